The van der Waals surface area contributed by atoms with Crippen molar-refractivity contribution >= 4 is 21.7 Å². The Balaban J connectivity index is 3.17. The van der Waals surface area contributed by atoms with Crippen LogP contribution in [0.4, 0.5) is 5.69 Å². The lowest BCUT2D eigenvalue weighted by Gasteiger charge is -2.17. The predicted molar refractivity (Wildman–Crippen MR) is 83.8 cm³/mol. The number of carboxylic acids is 1. The molecule has 0 bridgehead atoms. The molecule has 0 saturated carbocycles. The zero-order valence-electron chi connectivity index (χ0n) is 13.1. The lowest BCUT2D eigenvalue weighted by molar-refractivity contribution is 0.0697. The van der Waals surface area contributed by atoms with Crippen molar-refractivity contribution in [1.29, 1.82) is 0 Å². The first-order valence-corrected chi connectivity index (χ1v) is 8.31. The molecule has 0 aliphatic carbocycles. The Hall–Kier alpha value is -1.64. The zero-order valence-corrected chi connectivity index (χ0v) is 13.9. The summed E-state index contributed by atoms with van der Waals surface area (Å²) in [5.41, 5.74) is 0.245. The number of rotatable bonds is 8. The van der Waals surface area contributed by atoms with Gasteiger partial charge in [0.2, 0.25) is 10.0 Å². The van der Waals surface area contributed by atoms with Crippen molar-refractivity contribution in [2.24, 2.45) is 0 Å². The van der Waals surface area contributed by atoms with Gasteiger partial charge >= 0.3 is 5.97 Å². The SMILES string of the molecule is COC[C@@H](C)Nc1ccc(S(=O)(=O)NC(C)C)cc1C(=O)O. The van der Waals surface area contributed by atoms with E-state index in [4.69, 9.17) is 4.74 Å². The lowest BCUT2D eigenvalue weighted by atomic mass is 10.1. The number of aromatic carboxylic acids is 1. The minimum Gasteiger partial charge on any atom is -0.478 e. The van der Waals surface area contributed by atoms with Crippen molar-refractivity contribution in [1.82, 2.24) is 4.72 Å². The van der Waals surface area contributed by atoms with Crippen molar-refractivity contribution in [2.45, 2.75) is 37.8 Å². The van der Waals surface area contributed by atoms with Crippen LogP contribution in [0, 0.1) is 0 Å². The Bertz CT molecular complexity index is 628. The second-order valence-corrected chi connectivity index (χ2v) is 7.00. The number of carbonyl (C=O) groups is 1. The van der Waals surface area contributed by atoms with Crippen molar-refractivity contribution in [2.75, 3.05) is 19.0 Å². The van der Waals surface area contributed by atoms with E-state index in [1.807, 2.05) is 6.92 Å². The smallest absolute Gasteiger partial charge is 0.337 e. The van der Waals surface area contributed by atoms with Gasteiger partial charge in [-0.1, -0.05) is 0 Å². The first-order valence-electron chi connectivity index (χ1n) is 6.82. The van der Waals surface area contributed by atoms with Gasteiger partial charge < -0.3 is 15.2 Å². The van der Waals surface area contributed by atoms with Crippen LogP contribution in [0.15, 0.2) is 23.1 Å². The van der Waals surface area contributed by atoms with Crippen molar-refractivity contribution in [3.8, 4) is 0 Å². The summed E-state index contributed by atoms with van der Waals surface area (Å²) in [7, 11) is -2.19. The minimum atomic E-state index is -3.74. The highest BCUT2D eigenvalue weighted by atomic mass is 32.2. The van der Waals surface area contributed by atoms with Gasteiger partial charge in [0, 0.05) is 24.9 Å². The molecule has 0 radical (unpaired) electrons. The van der Waals surface area contributed by atoms with Crippen LogP contribution in [-0.2, 0) is 14.8 Å². The molecule has 1 atom stereocenters. The number of ether oxygens (including phenoxy) is 1. The van der Waals surface area contributed by atoms with Crippen molar-refractivity contribution in [3.63, 3.8) is 0 Å². The Morgan fingerprint density at radius 3 is 2.45 bits per heavy atom. The highest BCUT2D eigenvalue weighted by Gasteiger charge is 2.20. The number of anilines is 1. The number of benzene rings is 1. The molecule has 1 rings (SSSR count). The van der Waals surface area contributed by atoms with Crippen LogP contribution in [0.25, 0.3) is 0 Å². The fraction of sp³-hybridized carbons (Fsp3) is 0.500. The monoisotopic (exact) mass is 330 g/mol. The fourth-order valence-electron chi connectivity index (χ4n) is 1.93. The van der Waals surface area contributed by atoms with Gasteiger partial charge in [-0.25, -0.2) is 17.9 Å². The van der Waals surface area contributed by atoms with Gasteiger partial charge in [0.25, 0.3) is 0 Å². The van der Waals surface area contributed by atoms with Gasteiger partial charge in [-0.05, 0) is 39.0 Å². The molecule has 3 N–H and O–H groups in total. The van der Waals surface area contributed by atoms with Gasteiger partial charge in [-0.15, -0.1) is 0 Å². The van der Waals surface area contributed by atoms with Crippen molar-refractivity contribution < 1.29 is 23.1 Å². The lowest BCUT2D eigenvalue weighted by Crippen LogP contribution is -2.30. The van der Waals surface area contributed by atoms with Gasteiger partial charge in [0.05, 0.1) is 17.1 Å². The molecule has 0 fully saturated rings. The van der Waals surface area contributed by atoms with Crippen LogP contribution >= 0.6 is 0 Å². The van der Waals surface area contributed by atoms with E-state index in [0.29, 0.717) is 12.3 Å². The van der Waals surface area contributed by atoms with Crippen LogP contribution in [0.3, 0.4) is 0 Å². The van der Waals surface area contributed by atoms with E-state index in [2.05, 4.69) is 10.0 Å². The first-order chi connectivity index (χ1) is 10.2. The van der Waals surface area contributed by atoms with Crippen LogP contribution in [0.5, 0.6) is 0 Å². The number of hydrogen-bond donors (Lipinski definition) is 3. The van der Waals surface area contributed by atoms with E-state index in [0.717, 1.165) is 6.07 Å². The highest BCUT2D eigenvalue weighted by Crippen LogP contribution is 2.21. The molecule has 124 valence electrons. The Labute approximate surface area is 130 Å². The second kappa shape index (κ2) is 7.57. The molecule has 7 nitrogen and oxygen atoms in total. The summed E-state index contributed by atoms with van der Waals surface area (Å²) in [4.78, 5) is 11.3. The normalized spacial score (nSPS) is 13.1. The number of sulfonamides is 1. The number of methoxy groups -OCH3 is 1. The molecule has 0 aliphatic heterocycles. The number of carboxylic acid groups (broad SMARTS) is 1. The molecule has 0 heterocycles. The largest absolute Gasteiger partial charge is 0.478 e. The molecule has 22 heavy (non-hydrogen) atoms. The zero-order chi connectivity index (χ0) is 16.9. The second-order valence-electron chi connectivity index (χ2n) is 5.29. The fourth-order valence-corrected chi connectivity index (χ4v) is 3.21. The van der Waals surface area contributed by atoms with Gasteiger partial charge in [0.1, 0.15) is 0 Å². The molecule has 0 aliphatic rings. The third-order valence-electron chi connectivity index (χ3n) is 2.74. The maximum atomic E-state index is 12.1. The van der Waals surface area contributed by atoms with Gasteiger partial charge in [-0.3, -0.25) is 0 Å². The number of hydrogen-bond acceptors (Lipinski definition) is 5. The summed E-state index contributed by atoms with van der Waals surface area (Å²) in [5, 5.41) is 12.3. The molecule has 1 aromatic carbocycles. The van der Waals surface area contributed by atoms with Crippen molar-refractivity contribution in [3.05, 3.63) is 23.8 Å². The van der Waals surface area contributed by atoms with E-state index in [1.165, 1.54) is 12.1 Å². The molecular weight excluding hydrogens is 308 g/mol. The summed E-state index contributed by atoms with van der Waals surface area (Å²) in [5.74, 6) is -1.20. The molecule has 0 saturated heterocycles. The van der Waals surface area contributed by atoms with Crippen LogP contribution in [0.1, 0.15) is 31.1 Å². The molecule has 0 amide bonds. The topological polar surface area (TPSA) is 105 Å². The third kappa shape index (κ3) is 4.97. The van der Waals surface area contributed by atoms with E-state index >= 15 is 0 Å². The molecular formula is C14H22N2O5S. The maximum Gasteiger partial charge on any atom is 0.337 e. The van der Waals surface area contributed by atoms with Gasteiger partial charge in [-0.2, -0.15) is 0 Å². The average Bonchev–Trinajstić information content (AvgIpc) is 2.37. The molecule has 0 spiro atoms. The summed E-state index contributed by atoms with van der Waals surface area (Å²) < 4.78 is 31.6. The molecule has 0 aromatic heterocycles. The standard InChI is InChI=1S/C14H22N2O5S/c1-9(2)16-22(19,20)11-5-6-13(12(7-11)14(17)18)15-10(3)8-21-4/h5-7,9-10,15-16H,8H2,1-4H3,(H,17,18)/t10-/m1/s1. The first kappa shape index (κ1) is 18.4. The Morgan fingerprint density at radius 2 is 1.95 bits per heavy atom. The van der Waals surface area contributed by atoms with E-state index in [1.54, 1.807) is 21.0 Å². The maximum absolute atomic E-state index is 12.1. The quantitative estimate of drug-likeness (QED) is 0.667. The minimum absolute atomic E-state index is 0.0801. The Morgan fingerprint density at radius 1 is 1.32 bits per heavy atom. The summed E-state index contributed by atoms with van der Waals surface area (Å²) >= 11 is 0. The van der Waals surface area contributed by atoms with E-state index < -0.39 is 16.0 Å². The third-order valence-corrected chi connectivity index (χ3v) is 4.40. The van der Waals surface area contributed by atoms with Crippen LogP contribution in [-0.4, -0.2) is 45.3 Å². The van der Waals surface area contributed by atoms with E-state index in [-0.39, 0.29) is 22.5 Å². The molecule has 8 heteroatoms. The average molecular weight is 330 g/mol. The summed E-state index contributed by atoms with van der Waals surface area (Å²) in [6.45, 7) is 5.62. The predicted octanol–water partition coefficient (Wildman–Crippen LogP) is 1.52. The highest BCUT2D eigenvalue weighted by molar-refractivity contribution is 7.89. The molecule has 0 unspecified atom stereocenters. The van der Waals surface area contributed by atoms with E-state index in [9.17, 15) is 18.3 Å². The van der Waals surface area contributed by atoms with Crippen LogP contribution < -0.4 is 10.0 Å². The summed E-state index contributed by atoms with van der Waals surface area (Å²) in [6, 6.07) is 3.58. The van der Waals surface area contributed by atoms with Crippen LogP contribution in [0.2, 0.25) is 0 Å². The number of nitrogens with one attached hydrogen (secondary N) is 2. The molecule has 1 aromatic rings. The Kier molecular flexibility index (Phi) is 6.34. The van der Waals surface area contributed by atoms with Gasteiger partial charge in [0.15, 0.2) is 0 Å². The summed E-state index contributed by atoms with van der Waals surface area (Å²) in [6.07, 6.45) is 0.